The summed E-state index contributed by atoms with van der Waals surface area (Å²) in [4.78, 5) is 16.9. The Kier molecular flexibility index (Phi) is 6.43. The molecular formula is C18H17BrFN5O5S. The predicted octanol–water partition coefficient (Wildman–Crippen LogP) is 2.53. The maximum absolute atomic E-state index is 13.4. The molecule has 31 heavy (non-hydrogen) atoms. The van der Waals surface area contributed by atoms with Crippen molar-refractivity contribution >= 4 is 38.4 Å². The molecule has 1 aliphatic heterocycles. The summed E-state index contributed by atoms with van der Waals surface area (Å²) < 4.78 is 25.1. The number of carboxylic acid groups (broad SMARTS) is 1. The first kappa shape index (κ1) is 21.6. The summed E-state index contributed by atoms with van der Waals surface area (Å²) in [5.74, 6) is -1.04. The van der Waals surface area contributed by atoms with Crippen molar-refractivity contribution in [2.45, 2.75) is 31.5 Å². The molecule has 0 amide bonds. The zero-order chi connectivity index (χ0) is 22.0. The number of carbonyl (C=O) groups is 1. The molecule has 1 aromatic carbocycles. The van der Waals surface area contributed by atoms with Crippen molar-refractivity contribution in [1.29, 1.82) is 0 Å². The maximum Gasteiger partial charge on any atom is 0.333 e. The molecule has 1 unspecified atom stereocenters. The van der Waals surface area contributed by atoms with E-state index >= 15 is 0 Å². The van der Waals surface area contributed by atoms with Gasteiger partial charge in [0.05, 0.1) is 10.9 Å². The molecule has 10 nitrogen and oxygen atoms in total. The van der Waals surface area contributed by atoms with Gasteiger partial charge in [0.25, 0.3) is 0 Å². The number of benzene rings is 1. The quantitative estimate of drug-likeness (QED) is 0.484. The van der Waals surface area contributed by atoms with E-state index in [0.29, 0.717) is 33.5 Å². The van der Waals surface area contributed by atoms with Crippen molar-refractivity contribution in [2.24, 2.45) is 0 Å². The molecule has 0 radical (unpaired) electrons. The summed E-state index contributed by atoms with van der Waals surface area (Å²) in [5.41, 5.74) is 0. The van der Waals surface area contributed by atoms with Gasteiger partial charge in [0, 0.05) is 32.0 Å². The Balaban J connectivity index is 1.35. The van der Waals surface area contributed by atoms with Crippen LogP contribution in [0.5, 0.6) is 5.75 Å². The second-order valence-corrected chi connectivity index (χ2v) is 8.65. The van der Waals surface area contributed by atoms with Gasteiger partial charge in [0.15, 0.2) is 11.1 Å². The Morgan fingerprint density at radius 1 is 1.39 bits per heavy atom. The summed E-state index contributed by atoms with van der Waals surface area (Å²) in [7, 11) is 0. The van der Waals surface area contributed by atoms with E-state index in [0.717, 1.165) is 12.8 Å². The second kappa shape index (κ2) is 9.24. The highest BCUT2D eigenvalue weighted by Gasteiger charge is 2.25. The largest absolute Gasteiger partial charge is 0.489 e. The number of aliphatic carboxylic acids is 1. The van der Waals surface area contributed by atoms with Gasteiger partial charge in [-0.25, -0.2) is 9.18 Å². The van der Waals surface area contributed by atoms with Crippen LogP contribution >= 0.6 is 27.3 Å². The number of hydrogen-bond acceptors (Lipinski definition) is 10. The second-order valence-electron chi connectivity index (χ2n) is 6.84. The van der Waals surface area contributed by atoms with E-state index in [1.807, 2.05) is 0 Å². The zero-order valence-corrected chi connectivity index (χ0v) is 18.3. The number of piperidine rings is 1. The number of carboxylic acids is 1. The van der Waals surface area contributed by atoms with Crippen LogP contribution in [-0.4, -0.2) is 61.8 Å². The highest BCUT2D eigenvalue weighted by atomic mass is 79.9. The zero-order valence-electron chi connectivity index (χ0n) is 15.9. The summed E-state index contributed by atoms with van der Waals surface area (Å²) in [5, 5.41) is 31.3. The summed E-state index contributed by atoms with van der Waals surface area (Å²) in [6, 6.07) is 4.35. The molecular weight excluding hydrogens is 497 g/mol. The van der Waals surface area contributed by atoms with Gasteiger partial charge in [0.1, 0.15) is 17.7 Å². The van der Waals surface area contributed by atoms with E-state index in [1.165, 1.54) is 23.5 Å². The number of rotatable bonds is 7. The van der Waals surface area contributed by atoms with Crippen molar-refractivity contribution in [3.63, 3.8) is 0 Å². The van der Waals surface area contributed by atoms with Crippen LogP contribution in [0.25, 0.3) is 10.8 Å². The minimum atomic E-state index is -1.62. The Morgan fingerprint density at radius 3 is 2.90 bits per heavy atom. The molecule has 164 valence electrons. The number of aromatic nitrogens is 4. The molecule has 1 saturated heterocycles. The predicted molar refractivity (Wildman–Crippen MR) is 111 cm³/mol. The number of hydrogen-bond donors (Lipinski definition) is 2. The molecule has 4 rings (SSSR count). The number of ether oxygens (including phenoxy) is 1. The van der Waals surface area contributed by atoms with Crippen LogP contribution < -0.4 is 9.64 Å². The van der Waals surface area contributed by atoms with Crippen molar-refractivity contribution in [3.05, 3.63) is 34.4 Å². The van der Waals surface area contributed by atoms with Crippen LogP contribution in [0.2, 0.25) is 0 Å². The van der Waals surface area contributed by atoms with Crippen molar-refractivity contribution in [2.75, 3.05) is 18.0 Å². The summed E-state index contributed by atoms with van der Waals surface area (Å²) in [6.07, 6.45) is -0.477. The highest BCUT2D eigenvalue weighted by Crippen LogP contribution is 2.31. The SMILES string of the molecule is O=C(O)C(O)Cc1nc(-c2nnc(N3CCC(Oc4cc(F)ccc4Br)CC3)s2)no1. The third kappa shape index (κ3) is 5.17. The van der Waals surface area contributed by atoms with E-state index in [4.69, 9.17) is 14.4 Å². The monoisotopic (exact) mass is 513 g/mol. The average Bonchev–Trinajstić information content (AvgIpc) is 3.41. The third-order valence-corrected chi connectivity index (χ3v) is 6.26. The van der Waals surface area contributed by atoms with Crippen LogP contribution in [-0.2, 0) is 11.2 Å². The normalized spacial score (nSPS) is 15.8. The van der Waals surface area contributed by atoms with E-state index in [-0.39, 0.29) is 30.1 Å². The molecule has 1 fully saturated rings. The van der Waals surface area contributed by atoms with E-state index in [9.17, 15) is 14.3 Å². The molecule has 0 bridgehead atoms. The third-order valence-electron chi connectivity index (χ3n) is 4.63. The standard InChI is InChI=1S/C18H17BrFN5O5S/c19-11-2-1-9(20)7-13(11)29-10-3-5-25(6-4-10)18-23-22-16(31-18)15-21-14(30-24-15)8-12(26)17(27)28/h1-2,7,10,12,26H,3-6,8H2,(H,27,28). The maximum atomic E-state index is 13.4. The van der Waals surface area contributed by atoms with Crippen LogP contribution in [0.3, 0.4) is 0 Å². The molecule has 0 saturated carbocycles. The summed E-state index contributed by atoms with van der Waals surface area (Å²) in [6.45, 7) is 1.38. The highest BCUT2D eigenvalue weighted by molar-refractivity contribution is 9.10. The van der Waals surface area contributed by atoms with Crippen molar-refractivity contribution in [1.82, 2.24) is 20.3 Å². The lowest BCUT2D eigenvalue weighted by Crippen LogP contribution is -2.38. The number of aliphatic hydroxyl groups is 1. The first-order valence-corrected chi connectivity index (χ1v) is 10.9. The topological polar surface area (TPSA) is 135 Å². The molecule has 2 aromatic heterocycles. The molecule has 2 N–H and O–H groups in total. The Bertz CT molecular complexity index is 1070. The molecule has 0 spiro atoms. The first-order chi connectivity index (χ1) is 14.9. The molecule has 0 aliphatic carbocycles. The molecule has 3 aromatic rings. The van der Waals surface area contributed by atoms with E-state index < -0.39 is 12.1 Å². The van der Waals surface area contributed by atoms with Crippen molar-refractivity contribution in [3.8, 4) is 16.6 Å². The smallest absolute Gasteiger partial charge is 0.333 e. The van der Waals surface area contributed by atoms with E-state index in [1.54, 1.807) is 6.07 Å². The average molecular weight is 514 g/mol. The fourth-order valence-electron chi connectivity index (χ4n) is 3.02. The minimum absolute atomic E-state index is 0.00289. The number of halogens is 2. The van der Waals surface area contributed by atoms with Gasteiger partial charge in [-0.3, -0.25) is 0 Å². The van der Waals surface area contributed by atoms with Crippen LogP contribution in [0.15, 0.2) is 27.2 Å². The molecule has 13 heteroatoms. The van der Waals surface area contributed by atoms with Gasteiger partial charge >= 0.3 is 5.97 Å². The number of aliphatic hydroxyl groups excluding tert-OH is 1. The van der Waals surface area contributed by atoms with Gasteiger partial charge in [-0.05, 0) is 28.1 Å². The van der Waals surface area contributed by atoms with Crippen LogP contribution in [0, 0.1) is 5.82 Å². The number of anilines is 1. The van der Waals surface area contributed by atoms with Gasteiger partial charge in [0.2, 0.25) is 16.8 Å². The van der Waals surface area contributed by atoms with E-state index in [2.05, 4.69) is 41.2 Å². The van der Waals surface area contributed by atoms with Crippen LogP contribution in [0.1, 0.15) is 18.7 Å². The lowest BCUT2D eigenvalue weighted by molar-refractivity contribution is -0.146. The van der Waals surface area contributed by atoms with Gasteiger partial charge < -0.3 is 24.4 Å². The van der Waals surface area contributed by atoms with Gasteiger partial charge in [-0.2, -0.15) is 4.98 Å². The first-order valence-electron chi connectivity index (χ1n) is 9.33. The minimum Gasteiger partial charge on any atom is -0.489 e. The Morgan fingerprint density at radius 2 is 2.16 bits per heavy atom. The van der Waals surface area contributed by atoms with Gasteiger partial charge in [-0.15, -0.1) is 10.2 Å². The molecule has 3 heterocycles. The fraction of sp³-hybridized carbons (Fsp3) is 0.389. The summed E-state index contributed by atoms with van der Waals surface area (Å²) >= 11 is 4.65. The fourth-order valence-corrected chi connectivity index (χ4v) is 4.19. The van der Waals surface area contributed by atoms with Crippen LogP contribution in [0.4, 0.5) is 9.52 Å². The lowest BCUT2D eigenvalue weighted by atomic mass is 10.1. The Labute approximate surface area is 187 Å². The number of nitrogens with zero attached hydrogens (tertiary/aromatic N) is 5. The Hall–Kier alpha value is -2.64. The van der Waals surface area contributed by atoms with Gasteiger partial charge in [-0.1, -0.05) is 16.5 Å². The lowest BCUT2D eigenvalue weighted by Gasteiger charge is -2.31. The molecule has 1 aliphatic rings. The van der Waals surface area contributed by atoms with Crippen molar-refractivity contribution < 1.29 is 28.7 Å². The molecule has 1 atom stereocenters.